The summed E-state index contributed by atoms with van der Waals surface area (Å²) in [6.07, 6.45) is 1.67. The van der Waals surface area contributed by atoms with Crippen LogP contribution >= 0.6 is 0 Å². The highest BCUT2D eigenvalue weighted by molar-refractivity contribution is 6.21. The van der Waals surface area contributed by atoms with Gasteiger partial charge >= 0.3 is 6.61 Å². The lowest BCUT2D eigenvalue weighted by Gasteiger charge is -2.21. The van der Waals surface area contributed by atoms with Crippen LogP contribution in [0.5, 0.6) is 5.88 Å². The normalized spacial score (nSPS) is 18.8. The number of benzene rings is 1. The topological polar surface area (TPSA) is 137 Å². The molecule has 2 aromatic heterocycles. The zero-order chi connectivity index (χ0) is 25.8. The van der Waals surface area contributed by atoms with Gasteiger partial charge in [-0.15, -0.1) is 0 Å². The summed E-state index contributed by atoms with van der Waals surface area (Å²) in [4.78, 5) is 34.1. The van der Waals surface area contributed by atoms with Gasteiger partial charge in [0.1, 0.15) is 23.1 Å². The minimum atomic E-state index is -3.16. The largest absolute Gasteiger partial charge is 0.417 e. The van der Waals surface area contributed by atoms with E-state index in [-0.39, 0.29) is 52.7 Å². The van der Waals surface area contributed by atoms with E-state index in [1.54, 1.807) is 13.0 Å². The molecule has 1 unspecified atom stereocenters. The lowest BCUT2D eigenvalue weighted by molar-refractivity contribution is -0.133. The van der Waals surface area contributed by atoms with Gasteiger partial charge in [-0.05, 0) is 38.3 Å². The fraction of sp³-hybridized carbons (Fsp3) is 0.348. The summed E-state index contributed by atoms with van der Waals surface area (Å²) in [7, 11) is 0. The van der Waals surface area contributed by atoms with E-state index in [1.807, 2.05) is 0 Å². The molecule has 1 aliphatic heterocycles. The van der Waals surface area contributed by atoms with Crippen LogP contribution in [0.2, 0.25) is 0 Å². The molecule has 1 aliphatic carbocycles. The number of hydrogen-bond acceptors (Lipinski definition) is 7. The number of hydrogen-bond donors (Lipinski definition) is 3. The summed E-state index contributed by atoms with van der Waals surface area (Å²) < 4.78 is 46.1. The Morgan fingerprint density at radius 1 is 1.33 bits per heavy atom. The molecule has 188 valence electrons. The Morgan fingerprint density at radius 2 is 2.08 bits per heavy atom. The highest BCUT2D eigenvalue weighted by atomic mass is 19.3. The van der Waals surface area contributed by atoms with Gasteiger partial charge in [-0.3, -0.25) is 9.59 Å². The predicted octanol–water partition coefficient (Wildman–Crippen LogP) is 2.51. The van der Waals surface area contributed by atoms with Crippen LogP contribution in [0.1, 0.15) is 36.5 Å². The number of anilines is 2. The van der Waals surface area contributed by atoms with Crippen LogP contribution in [0.15, 0.2) is 24.3 Å². The molecule has 4 N–H and O–H groups in total. The highest BCUT2D eigenvalue weighted by Gasteiger charge is 2.53. The lowest BCUT2D eigenvalue weighted by Crippen LogP contribution is -2.48. The summed E-state index contributed by atoms with van der Waals surface area (Å²) in [6.45, 7) is -0.207. The summed E-state index contributed by atoms with van der Waals surface area (Å²) in [5, 5.41) is 9.57. The second kappa shape index (κ2) is 8.50. The maximum Gasteiger partial charge on any atom is 0.388 e. The molecule has 0 spiro atoms. The summed E-state index contributed by atoms with van der Waals surface area (Å²) >= 11 is 0. The number of nitrogen functional groups attached to an aromatic ring is 1. The number of rotatable bonds is 7. The standard InChI is InChI=1S/C23H22F3N7O3/c1-10-3-4-11(13(24)7-10)9-33-15(36-22(25)26)8-14(32-33)18-29-17(27)16-19(30-18)31-21(35)23(16,2)20(34)28-12-5-6-12/h3-4,7-8,12,22H,5-6,9H2,1-2H3,(H,28,34)(H3,27,29,30,31,35). The van der Waals surface area contributed by atoms with E-state index in [4.69, 9.17) is 5.73 Å². The average molecular weight is 501 g/mol. The zero-order valence-electron chi connectivity index (χ0n) is 19.3. The van der Waals surface area contributed by atoms with Crippen molar-refractivity contribution in [3.05, 3.63) is 46.8 Å². The Morgan fingerprint density at radius 3 is 2.75 bits per heavy atom. The molecule has 3 heterocycles. The minimum Gasteiger partial charge on any atom is -0.417 e. The third-order valence-electron chi connectivity index (χ3n) is 6.20. The lowest BCUT2D eigenvalue weighted by atomic mass is 9.83. The predicted molar refractivity (Wildman–Crippen MR) is 122 cm³/mol. The first-order valence-corrected chi connectivity index (χ1v) is 11.1. The van der Waals surface area contributed by atoms with Crippen molar-refractivity contribution in [2.75, 3.05) is 11.1 Å². The van der Waals surface area contributed by atoms with Gasteiger partial charge in [-0.1, -0.05) is 12.1 Å². The van der Waals surface area contributed by atoms with Gasteiger partial charge in [-0.2, -0.15) is 13.9 Å². The molecule has 1 atom stereocenters. The van der Waals surface area contributed by atoms with Gasteiger partial charge in [0, 0.05) is 17.7 Å². The van der Waals surface area contributed by atoms with Gasteiger partial charge in [0.15, 0.2) is 11.2 Å². The van der Waals surface area contributed by atoms with Crippen LogP contribution < -0.4 is 21.1 Å². The van der Waals surface area contributed by atoms with Crippen molar-refractivity contribution in [3.63, 3.8) is 0 Å². The fourth-order valence-corrected chi connectivity index (χ4v) is 4.05. The third-order valence-corrected chi connectivity index (χ3v) is 6.20. The van der Waals surface area contributed by atoms with E-state index >= 15 is 0 Å². The van der Waals surface area contributed by atoms with E-state index < -0.39 is 29.7 Å². The number of amides is 2. The minimum absolute atomic E-state index is 0.00189. The number of alkyl halides is 2. The van der Waals surface area contributed by atoms with Crippen LogP contribution in [0.25, 0.3) is 11.5 Å². The number of carbonyl (C=O) groups excluding carboxylic acids is 2. The average Bonchev–Trinajstić information content (AvgIpc) is 3.46. The van der Waals surface area contributed by atoms with Crippen LogP contribution in [0.3, 0.4) is 0 Å². The molecule has 36 heavy (non-hydrogen) atoms. The second-order valence-electron chi connectivity index (χ2n) is 8.98. The Kier molecular flexibility index (Phi) is 5.57. The number of aromatic nitrogens is 4. The van der Waals surface area contributed by atoms with Gasteiger partial charge < -0.3 is 21.1 Å². The van der Waals surface area contributed by atoms with Crippen molar-refractivity contribution >= 4 is 23.5 Å². The van der Waals surface area contributed by atoms with Crippen LogP contribution in [-0.2, 0) is 21.5 Å². The van der Waals surface area contributed by atoms with Crippen LogP contribution in [-0.4, -0.2) is 44.2 Å². The second-order valence-corrected chi connectivity index (χ2v) is 8.98. The molecule has 13 heteroatoms. The number of nitrogens with one attached hydrogen (secondary N) is 2. The number of nitrogens with zero attached hydrogens (tertiary/aromatic N) is 4. The highest BCUT2D eigenvalue weighted by Crippen LogP contribution is 2.41. The van der Waals surface area contributed by atoms with E-state index in [2.05, 4.69) is 30.4 Å². The van der Waals surface area contributed by atoms with Gasteiger partial charge in [0.25, 0.3) is 0 Å². The van der Waals surface area contributed by atoms with Gasteiger partial charge in [-0.25, -0.2) is 19.0 Å². The first-order valence-electron chi connectivity index (χ1n) is 11.1. The van der Waals surface area contributed by atoms with Crippen molar-refractivity contribution in [1.82, 2.24) is 25.1 Å². The zero-order valence-corrected chi connectivity index (χ0v) is 19.3. The molecule has 0 saturated heterocycles. The van der Waals surface area contributed by atoms with Crippen molar-refractivity contribution in [1.29, 1.82) is 0 Å². The Labute approximate surface area is 203 Å². The molecule has 3 aromatic rings. The fourth-order valence-electron chi connectivity index (χ4n) is 4.05. The van der Waals surface area contributed by atoms with E-state index in [9.17, 15) is 22.8 Å². The van der Waals surface area contributed by atoms with Crippen LogP contribution in [0.4, 0.5) is 24.8 Å². The molecule has 1 saturated carbocycles. The molecule has 2 aliphatic rings. The van der Waals surface area contributed by atoms with E-state index in [1.165, 1.54) is 19.1 Å². The Balaban J connectivity index is 1.52. The van der Waals surface area contributed by atoms with E-state index in [0.717, 1.165) is 23.6 Å². The summed E-state index contributed by atoms with van der Waals surface area (Å²) in [5.41, 5.74) is 5.55. The summed E-state index contributed by atoms with van der Waals surface area (Å²) in [6, 6.07) is 5.69. The number of nitrogens with two attached hydrogens (primary N) is 1. The molecular weight excluding hydrogens is 479 g/mol. The number of fused-ring (bicyclic) bond motifs is 1. The number of ether oxygens (including phenoxy) is 1. The number of halogens is 3. The molecule has 10 nitrogen and oxygen atoms in total. The maximum absolute atomic E-state index is 14.4. The SMILES string of the molecule is Cc1ccc(Cn2nc(-c3nc(N)c4c(n3)NC(=O)C4(C)C(=O)NC3CC3)cc2OC(F)F)c(F)c1. The third kappa shape index (κ3) is 4.10. The van der Waals surface area contributed by atoms with E-state index in [0.29, 0.717) is 5.56 Å². The monoisotopic (exact) mass is 501 g/mol. The first-order chi connectivity index (χ1) is 17.1. The van der Waals surface area contributed by atoms with Crippen molar-refractivity contribution in [2.45, 2.75) is 51.3 Å². The Hall–Kier alpha value is -4.16. The smallest absolute Gasteiger partial charge is 0.388 e. The molecule has 5 rings (SSSR count). The Bertz CT molecular complexity index is 1390. The molecular formula is C23H22F3N7O3. The molecule has 1 aromatic carbocycles. The first kappa shape index (κ1) is 23.6. The molecule has 0 radical (unpaired) electrons. The summed E-state index contributed by atoms with van der Waals surface area (Å²) in [5.74, 6) is -2.22. The molecule has 1 fully saturated rings. The van der Waals surface area contributed by atoms with Crippen molar-refractivity contribution in [3.8, 4) is 17.4 Å². The van der Waals surface area contributed by atoms with Gasteiger partial charge in [0.05, 0.1) is 12.1 Å². The number of aryl methyl sites for hydroxylation is 1. The quantitative estimate of drug-likeness (QED) is 0.423. The van der Waals surface area contributed by atoms with Crippen LogP contribution in [0, 0.1) is 12.7 Å². The van der Waals surface area contributed by atoms with Gasteiger partial charge in [0.2, 0.25) is 17.7 Å². The van der Waals surface area contributed by atoms with Crippen molar-refractivity contribution < 1.29 is 27.5 Å². The maximum atomic E-state index is 14.4. The van der Waals surface area contributed by atoms with Crippen molar-refractivity contribution in [2.24, 2.45) is 0 Å². The molecule has 2 amide bonds. The number of carbonyl (C=O) groups is 2. The molecule has 0 bridgehead atoms.